The van der Waals surface area contributed by atoms with Crippen molar-refractivity contribution in [2.45, 2.75) is 13.8 Å². The molecule has 0 radical (unpaired) electrons. The summed E-state index contributed by atoms with van der Waals surface area (Å²) >= 11 is 0. The fourth-order valence-electron chi connectivity index (χ4n) is 3.15. The Balaban J connectivity index is 1.75. The van der Waals surface area contributed by atoms with Crippen LogP contribution in [0.2, 0.25) is 0 Å². The second-order valence-electron chi connectivity index (χ2n) is 6.90. The molecule has 7 heteroatoms. The summed E-state index contributed by atoms with van der Waals surface area (Å²) in [5, 5.41) is 6.95. The number of rotatable bonds is 6. The van der Waals surface area contributed by atoms with Crippen molar-refractivity contribution >= 4 is 11.6 Å². The second-order valence-corrected chi connectivity index (χ2v) is 6.90. The number of aromatic nitrogens is 3. The molecule has 1 N–H and O–H groups in total. The summed E-state index contributed by atoms with van der Waals surface area (Å²) in [6, 6.07) is 21.1. The van der Waals surface area contributed by atoms with Crippen LogP contribution in [-0.4, -0.2) is 27.3 Å². The van der Waals surface area contributed by atoms with Crippen molar-refractivity contribution in [2.24, 2.45) is 0 Å². The summed E-state index contributed by atoms with van der Waals surface area (Å²) in [7, 11) is 0. The highest BCUT2D eigenvalue weighted by molar-refractivity contribution is 6.01. The predicted octanol–water partition coefficient (Wildman–Crippen LogP) is 5.03. The molecule has 0 saturated heterocycles. The molecule has 4 aromatic rings. The zero-order valence-electron chi connectivity index (χ0n) is 17.2. The van der Waals surface area contributed by atoms with Gasteiger partial charge in [0.2, 0.25) is 5.82 Å². The quantitative estimate of drug-likeness (QED) is 0.479. The Morgan fingerprint density at radius 1 is 1.06 bits per heavy atom. The molecule has 1 aromatic heterocycles. The summed E-state index contributed by atoms with van der Waals surface area (Å²) in [6.45, 7) is 4.46. The van der Waals surface area contributed by atoms with Gasteiger partial charge in [-0.05, 0) is 56.3 Å². The fourth-order valence-corrected chi connectivity index (χ4v) is 3.15. The number of carbonyl (C=O) groups is 1. The van der Waals surface area contributed by atoms with E-state index in [9.17, 15) is 9.18 Å². The van der Waals surface area contributed by atoms with E-state index in [1.807, 2.05) is 62.4 Å². The third-order valence-electron chi connectivity index (χ3n) is 4.60. The highest BCUT2D eigenvalue weighted by Crippen LogP contribution is 2.24. The topological polar surface area (TPSA) is 69.0 Å². The standard InChI is InChI=1S/C24H21FN4O2/c1-3-31-19-13-11-18(12-14-19)29-23(17-8-6-7-16(2)15-17)27-22(28-29)24(30)26-21-10-5-4-9-20(21)25/h4-15H,3H2,1-2H3,(H,26,30). The van der Waals surface area contributed by atoms with Crippen LogP contribution in [0, 0.1) is 12.7 Å². The van der Waals surface area contributed by atoms with Crippen LogP contribution in [-0.2, 0) is 0 Å². The van der Waals surface area contributed by atoms with Crippen LogP contribution in [0.25, 0.3) is 17.1 Å². The molecule has 3 aromatic carbocycles. The Morgan fingerprint density at radius 2 is 1.84 bits per heavy atom. The molecule has 0 aliphatic carbocycles. The molecule has 156 valence electrons. The molecule has 0 unspecified atom stereocenters. The average Bonchev–Trinajstić information content (AvgIpc) is 3.22. The first-order chi connectivity index (χ1) is 15.0. The molecule has 0 bridgehead atoms. The maximum atomic E-state index is 14.0. The van der Waals surface area contributed by atoms with E-state index >= 15 is 0 Å². The van der Waals surface area contributed by atoms with Crippen LogP contribution in [0.15, 0.2) is 72.8 Å². The van der Waals surface area contributed by atoms with Gasteiger partial charge in [-0.3, -0.25) is 4.79 Å². The number of nitrogens with zero attached hydrogens (tertiary/aromatic N) is 3. The Kier molecular flexibility index (Phi) is 5.75. The van der Waals surface area contributed by atoms with Gasteiger partial charge >= 0.3 is 0 Å². The number of benzene rings is 3. The van der Waals surface area contributed by atoms with Crippen LogP contribution in [0.5, 0.6) is 5.75 Å². The van der Waals surface area contributed by atoms with Crippen molar-refractivity contribution in [2.75, 3.05) is 11.9 Å². The molecule has 1 amide bonds. The zero-order chi connectivity index (χ0) is 21.8. The third-order valence-corrected chi connectivity index (χ3v) is 4.60. The van der Waals surface area contributed by atoms with Crippen molar-refractivity contribution in [1.82, 2.24) is 14.8 Å². The highest BCUT2D eigenvalue weighted by atomic mass is 19.1. The monoisotopic (exact) mass is 416 g/mol. The van der Waals surface area contributed by atoms with Crippen molar-refractivity contribution in [1.29, 1.82) is 0 Å². The highest BCUT2D eigenvalue weighted by Gasteiger charge is 2.20. The van der Waals surface area contributed by atoms with E-state index in [1.165, 1.54) is 12.1 Å². The van der Waals surface area contributed by atoms with Crippen LogP contribution in [0.1, 0.15) is 23.1 Å². The first-order valence-corrected chi connectivity index (χ1v) is 9.88. The van der Waals surface area contributed by atoms with Gasteiger partial charge in [0.15, 0.2) is 5.82 Å². The summed E-state index contributed by atoms with van der Waals surface area (Å²) in [6.07, 6.45) is 0. The minimum atomic E-state index is -0.594. The van der Waals surface area contributed by atoms with Gasteiger partial charge in [-0.1, -0.05) is 35.9 Å². The zero-order valence-corrected chi connectivity index (χ0v) is 17.2. The first kappa shape index (κ1) is 20.3. The Bertz CT molecular complexity index is 1220. The summed E-state index contributed by atoms with van der Waals surface area (Å²) in [5.41, 5.74) is 2.65. The number of nitrogens with one attached hydrogen (secondary N) is 1. The van der Waals surface area contributed by atoms with Gasteiger partial charge in [0.05, 0.1) is 18.0 Å². The van der Waals surface area contributed by atoms with E-state index in [2.05, 4.69) is 15.4 Å². The number of halogens is 1. The van der Waals surface area contributed by atoms with Gasteiger partial charge in [0, 0.05) is 5.56 Å². The van der Waals surface area contributed by atoms with E-state index in [0.717, 1.165) is 22.6 Å². The van der Waals surface area contributed by atoms with Gasteiger partial charge in [0.25, 0.3) is 5.91 Å². The van der Waals surface area contributed by atoms with Gasteiger partial charge in [0.1, 0.15) is 11.6 Å². The molecule has 0 aliphatic rings. The second kappa shape index (κ2) is 8.79. The van der Waals surface area contributed by atoms with E-state index < -0.39 is 11.7 Å². The van der Waals surface area contributed by atoms with E-state index in [0.29, 0.717) is 12.4 Å². The molecule has 0 fully saturated rings. The number of hydrogen-bond donors (Lipinski definition) is 1. The minimum absolute atomic E-state index is 0.0614. The molecular formula is C24H21FN4O2. The van der Waals surface area contributed by atoms with Crippen molar-refractivity contribution in [3.63, 3.8) is 0 Å². The summed E-state index contributed by atoms with van der Waals surface area (Å²) in [5.74, 6) is 0.0607. The number of hydrogen-bond acceptors (Lipinski definition) is 4. The van der Waals surface area contributed by atoms with Crippen LogP contribution >= 0.6 is 0 Å². The third kappa shape index (κ3) is 4.45. The van der Waals surface area contributed by atoms with Crippen LogP contribution in [0.3, 0.4) is 0 Å². The lowest BCUT2D eigenvalue weighted by molar-refractivity contribution is 0.101. The number of anilines is 1. The molecule has 0 spiro atoms. The SMILES string of the molecule is CCOc1ccc(-n2nc(C(=O)Nc3ccccc3F)nc2-c2cccc(C)c2)cc1. The largest absolute Gasteiger partial charge is 0.494 e. The van der Waals surface area contributed by atoms with E-state index in [1.54, 1.807) is 16.8 Å². The molecule has 31 heavy (non-hydrogen) atoms. The molecular weight excluding hydrogens is 395 g/mol. The lowest BCUT2D eigenvalue weighted by atomic mass is 10.1. The van der Waals surface area contributed by atoms with Gasteiger partial charge in [-0.25, -0.2) is 14.1 Å². The van der Waals surface area contributed by atoms with Crippen LogP contribution < -0.4 is 10.1 Å². The van der Waals surface area contributed by atoms with Crippen molar-refractivity contribution < 1.29 is 13.9 Å². The maximum absolute atomic E-state index is 14.0. The lowest BCUT2D eigenvalue weighted by Crippen LogP contribution is -2.15. The fraction of sp³-hybridized carbons (Fsp3) is 0.125. The normalized spacial score (nSPS) is 10.7. The van der Waals surface area contributed by atoms with Crippen molar-refractivity contribution in [3.8, 4) is 22.8 Å². The average molecular weight is 416 g/mol. The molecule has 1 heterocycles. The van der Waals surface area contributed by atoms with E-state index in [-0.39, 0.29) is 11.5 Å². The molecule has 0 saturated carbocycles. The molecule has 0 aliphatic heterocycles. The summed E-state index contributed by atoms with van der Waals surface area (Å²) < 4.78 is 21.1. The number of carbonyl (C=O) groups excluding carboxylic acids is 1. The van der Waals surface area contributed by atoms with Gasteiger partial charge < -0.3 is 10.1 Å². The number of aryl methyl sites for hydroxylation is 1. The van der Waals surface area contributed by atoms with Crippen LogP contribution in [0.4, 0.5) is 10.1 Å². The molecule has 6 nitrogen and oxygen atoms in total. The van der Waals surface area contributed by atoms with Crippen molar-refractivity contribution in [3.05, 3.63) is 90.0 Å². The maximum Gasteiger partial charge on any atom is 0.295 e. The Hall–Kier alpha value is -4.00. The number of para-hydroxylation sites is 1. The molecule has 0 atom stereocenters. The smallest absolute Gasteiger partial charge is 0.295 e. The summed E-state index contributed by atoms with van der Waals surface area (Å²) in [4.78, 5) is 17.2. The first-order valence-electron chi connectivity index (χ1n) is 9.88. The Morgan fingerprint density at radius 3 is 2.55 bits per heavy atom. The number of amides is 1. The Labute approximate surface area is 179 Å². The van der Waals surface area contributed by atoms with Gasteiger partial charge in [-0.15, -0.1) is 5.10 Å². The molecule has 4 rings (SSSR count). The number of ether oxygens (including phenoxy) is 1. The van der Waals surface area contributed by atoms with Gasteiger partial charge in [-0.2, -0.15) is 0 Å². The lowest BCUT2D eigenvalue weighted by Gasteiger charge is -2.08. The predicted molar refractivity (Wildman–Crippen MR) is 117 cm³/mol. The minimum Gasteiger partial charge on any atom is -0.494 e. The van der Waals surface area contributed by atoms with E-state index in [4.69, 9.17) is 4.74 Å².